The van der Waals surface area contributed by atoms with Gasteiger partial charge < -0.3 is 9.84 Å². The van der Waals surface area contributed by atoms with Gasteiger partial charge in [-0.25, -0.2) is 4.79 Å². The molecule has 1 N–H and O–H groups in total. The molecule has 3 heterocycles. The van der Waals surface area contributed by atoms with E-state index in [2.05, 4.69) is 22.4 Å². The maximum Gasteiger partial charge on any atom is 0.331 e. The average molecular weight is 438 g/mol. The molecule has 3 aromatic rings. The number of hydrogen-bond acceptors (Lipinski definition) is 6. The minimum absolute atomic E-state index is 0.168. The van der Waals surface area contributed by atoms with E-state index in [0.29, 0.717) is 36.7 Å². The summed E-state index contributed by atoms with van der Waals surface area (Å²) in [6.07, 6.45) is 4.65. The summed E-state index contributed by atoms with van der Waals surface area (Å²) in [7, 11) is 0. The van der Waals surface area contributed by atoms with Crippen molar-refractivity contribution in [3.8, 4) is 11.4 Å². The Balaban J connectivity index is 1.73. The first-order chi connectivity index (χ1) is 15.5. The van der Waals surface area contributed by atoms with Crippen LogP contribution in [0.3, 0.4) is 0 Å². The molecule has 0 atom stereocenters. The Labute approximate surface area is 185 Å². The number of amides is 1. The van der Waals surface area contributed by atoms with E-state index in [1.807, 2.05) is 19.1 Å². The molecule has 168 valence electrons. The van der Waals surface area contributed by atoms with Crippen molar-refractivity contribution < 1.29 is 9.32 Å². The number of carbonyl (C=O) groups excluding carboxylic acids is 1. The van der Waals surface area contributed by atoms with E-state index in [9.17, 15) is 14.4 Å². The molecule has 0 saturated heterocycles. The van der Waals surface area contributed by atoms with Crippen molar-refractivity contribution in [2.24, 2.45) is 0 Å². The van der Waals surface area contributed by atoms with Crippen LogP contribution in [-0.4, -0.2) is 25.2 Å². The van der Waals surface area contributed by atoms with Crippen LogP contribution in [-0.2, 0) is 37.1 Å². The van der Waals surface area contributed by atoms with E-state index in [1.165, 1.54) is 0 Å². The van der Waals surface area contributed by atoms with E-state index < -0.39 is 17.2 Å². The van der Waals surface area contributed by atoms with Gasteiger partial charge in [-0.1, -0.05) is 37.6 Å². The maximum absolute atomic E-state index is 13.4. The number of hydrogen-bond donors (Lipinski definition) is 1. The standard InChI is InChI=1S/C23H27N5O4/c1-3-15-9-11-16(12-10-15)24-18(29)14-28-22(30)20(21-25-19(4-2)32-26-21)17-8-6-5-7-13-27(17)23(28)31/h9-12H,3-8,13-14H2,1-2H3,(H,24,29). The Kier molecular flexibility index (Phi) is 6.34. The molecule has 0 saturated carbocycles. The quantitative estimate of drug-likeness (QED) is 0.634. The Morgan fingerprint density at radius 2 is 1.88 bits per heavy atom. The van der Waals surface area contributed by atoms with E-state index >= 15 is 0 Å². The van der Waals surface area contributed by atoms with Crippen LogP contribution in [0.15, 0.2) is 38.4 Å². The number of nitrogens with zero attached hydrogens (tertiary/aromatic N) is 4. The highest BCUT2D eigenvalue weighted by Gasteiger charge is 2.25. The van der Waals surface area contributed by atoms with Gasteiger partial charge in [-0.05, 0) is 43.4 Å². The van der Waals surface area contributed by atoms with E-state index in [0.717, 1.165) is 35.8 Å². The van der Waals surface area contributed by atoms with Gasteiger partial charge >= 0.3 is 5.69 Å². The number of nitrogens with one attached hydrogen (secondary N) is 1. The van der Waals surface area contributed by atoms with Crippen molar-refractivity contribution in [1.29, 1.82) is 0 Å². The van der Waals surface area contributed by atoms with Crippen molar-refractivity contribution in [1.82, 2.24) is 19.3 Å². The van der Waals surface area contributed by atoms with Crippen molar-refractivity contribution in [3.63, 3.8) is 0 Å². The van der Waals surface area contributed by atoms with Gasteiger partial charge in [0.05, 0.1) is 0 Å². The zero-order valence-electron chi connectivity index (χ0n) is 18.4. The molecule has 32 heavy (non-hydrogen) atoms. The lowest BCUT2D eigenvalue weighted by Crippen LogP contribution is -2.44. The Bertz CT molecular complexity index is 1240. The zero-order valence-corrected chi connectivity index (χ0v) is 18.4. The molecule has 9 nitrogen and oxygen atoms in total. The van der Waals surface area contributed by atoms with Gasteiger partial charge in [-0.3, -0.25) is 18.7 Å². The first-order valence-corrected chi connectivity index (χ1v) is 11.1. The molecule has 0 spiro atoms. The van der Waals surface area contributed by atoms with Crippen molar-refractivity contribution in [2.45, 2.75) is 65.5 Å². The summed E-state index contributed by atoms with van der Waals surface area (Å²) >= 11 is 0. The number of anilines is 1. The van der Waals surface area contributed by atoms with Gasteiger partial charge in [-0.2, -0.15) is 4.98 Å². The van der Waals surface area contributed by atoms with Crippen LogP contribution in [0.4, 0.5) is 5.69 Å². The number of aryl methyl sites for hydroxylation is 2. The van der Waals surface area contributed by atoms with Crippen LogP contribution in [0, 0.1) is 0 Å². The van der Waals surface area contributed by atoms with Gasteiger partial charge in [0.2, 0.25) is 17.6 Å². The molecule has 0 bridgehead atoms. The predicted octanol–water partition coefficient (Wildman–Crippen LogP) is 2.55. The lowest BCUT2D eigenvalue weighted by molar-refractivity contribution is -0.116. The molecule has 1 amide bonds. The van der Waals surface area contributed by atoms with Gasteiger partial charge in [0.1, 0.15) is 12.1 Å². The van der Waals surface area contributed by atoms with Crippen molar-refractivity contribution in [3.05, 3.63) is 62.3 Å². The van der Waals surface area contributed by atoms with E-state index in [-0.39, 0.29) is 17.9 Å². The lowest BCUT2D eigenvalue weighted by atomic mass is 10.1. The van der Waals surface area contributed by atoms with Gasteiger partial charge in [0, 0.05) is 24.3 Å². The van der Waals surface area contributed by atoms with Gasteiger partial charge in [-0.15, -0.1) is 0 Å². The smallest absolute Gasteiger partial charge is 0.331 e. The SMILES string of the molecule is CCc1ccc(NC(=O)Cn2c(=O)c(-c3noc(CC)n3)c3n(c2=O)CCCCC3)cc1. The summed E-state index contributed by atoms with van der Waals surface area (Å²) in [4.78, 5) is 43.6. The largest absolute Gasteiger partial charge is 0.339 e. The third-order valence-electron chi connectivity index (χ3n) is 5.77. The van der Waals surface area contributed by atoms with Crippen LogP contribution in [0.1, 0.15) is 50.3 Å². The summed E-state index contributed by atoms with van der Waals surface area (Å²) < 4.78 is 7.79. The van der Waals surface area contributed by atoms with Crippen LogP contribution in [0.2, 0.25) is 0 Å². The summed E-state index contributed by atoms with van der Waals surface area (Å²) in [6, 6.07) is 7.47. The Hall–Kier alpha value is -3.49. The Morgan fingerprint density at radius 1 is 1.09 bits per heavy atom. The fourth-order valence-corrected chi connectivity index (χ4v) is 4.00. The topological polar surface area (TPSA) is 112 Å². The zero-order chi connectivity index (χ0) is 22.7. The highest BCUT2D eigenvalue weighted by Crippen LogP contribution is 2.21. The summed E-state index contributed by atoms with van der Waals surface area (Å²) in [5.74, 6) is 0.135. The first kappa shape index (κ1) is 21.7. The summed E-state index contributed by atoms with van der Waals surface area (Å²) in [5, 5.41) is 6.74. The minimum atomic E-state index is -0.567. The average Bonchev–Trinajstić information content (AvgIpc) is 3.14. The summed E-state index contributed by atoms with van der Waals surface area (Å²) in [5.41, 5.74) is 1.58. The first-order valence-electron chi connectivity index (χ1n) is 11.1. The molecular formula is C23H27N5O4. The Morgan fingerprint density at radius 3 is 2.56 bits per heavy atom. The maximum atomic E-state index is 13.4. The molecule has 0 aliphatic carbocycles. The molecule has 0 fully saturated rings. The second-order valence-electron chi connectivity index (χ2n) is 7.92. The van der Waals surface area contributed by atoms with Gasteiger partial charge in [0.15, 0.2) is 0 Å². The molecule has 1 aromatic carbocycles. The number of fused-ring (bicyclic) bond motifs is 1. The van der Waals surface area contributed by atoms with Gasteiger partial charge in [0.25, 0.3) is 5.56 Å². The fourth-order valence-electron chi connectivity index (χ4n) is 4.00. The molecule has 1 aliphatic heterocycles. The molecule has 0 unspecified atom stereocenters. The minimum Gasteiger partial charge on any atom is -0.339 e. The molecule has 2 aromatic heterocycles. The monoisotopic (exact) mass is 437 g/mol. The third kappa shape index (κ3) is 4.28. The third-order valence-corrected chi connectivity index (χ3v) is 5.77. The van der Waals surface area contributed by atoms with E-state index in [4.69, 9.17) is 4.52 Å². The number of carbonyl (C=O) groups is 1. The van der Waals surface area contributed by atoms with Crippen molar-refractivity contribution in [2.75, 3.05) is 5.32 Å². The molecule has 1 aliphatic rings. The second kappa shape index (κ2) is 9.33. The molecule has 9 heteroatoms. The second-order valence-corrected chi connectivity index (χ2v) is 7.92. The van der Waals surface area contributed by atoms with Crippen molar-refractivity contribution >= 4 is 11.6 Å². The van der Waals surface area contributed by atoms with Crippen LogP contribution in [0.25, 0.3) is 11.4 Å². The molecular weight excluding hydrogens is 410 g/mol. The fraction of sp³-hybridized carbons (Fsp3) is 0.435. The van der Waals surface area contributed by atoms with E-state index in [1.54, 1.807) is 16.7 Å². The van der Waals surface area contributed by atoms with Crippen LogP contribution >= 0.6 is 0 Å². The van der Waals surface area contributed by atoms with Crippen LogP contribution in [0.5, 0.6) is 0 Å². The lowest BCUT2D eigenvalue weighted by Gasteiger charge is -2.16. The summed E-state index contributed by atoms with van der Waals surface area (Å²) in [6.45, 7) is 4.03. The number of benzene rings is 1. The number of aromatic nitrogens is 4. The predicted molar refractivity (Wildman–Crippen MR) is 120 cm³/mol. The van der Waals surface area contributed by atoms with Crippen LogP contribution < -0.4 is 16.6 Å². The normalized spacial score (nSPS) is 13.4. The highest BCUT2D eigenvalue weighted by atomic mass is 16.5. The molecule has 4 rings (SSSR count). The molecule has 0 radical (unpaired) electrons. The number of rotatable bonds is 6. The highest BCUT2D eigenvalue weighted by molar-refractivity contribution is 5.90.